The fourth-order valence-corrected chi connectivity index (χ4v) is 2.93. The van der Waals surface area contributed by atoms with E-state index in [1.54, 1.807) is 6.20 Å². The predicted molar refractivity (Wildman–Crippen MR) is 90.2 cm³/mol. The molecule has 4 nitrogen and oxygen atoms in total. The van der Waals surface area contributed by atoms with Crippen molar-refractivity contribution >= 4 is 17.5 Å². The Balaban J connectivity index is 1.55. The first-order valence-electron chi connectivity index (χ1n) is 8.10. The van der Waals surface area contributed by atoms with E-state index in [9.17, 15) is 4.79 Å². The van der Waals surface area contributed by atoms with Crippen LogP contribution in [0.5, 0.6) is 0 Å². The molecule has 0 saturated carbocycles. The van der Waals surface area contributed by atoms with Gasteiger partial charge in [-0.25, -0.2) is 4.98 Å². The standard InChI is InChI=1S/C18H21ClN2O2/c1-13-8-10-21(11-9-13)18(22)7-6-17-20-12-16(23-17)14-2-4-15(19)5-3-14/h2-5,12-13H,6-11H2,1H3. The van der Waals surface area contributed by atoms with Crippen molar-refractivity contribution in [3.63, 3.8) is 0 Å². The molecular formula is C18H21ClN2O2. The SMILES string of the molecule is CC1CCN(C(=O)CCc2ncc(-c3ccc(Cl)cc3)o2)CC1. The second-order valence-electron chi connectivity index (χ2n) is 6.19. The Morgan fingerprint density at radius 2 is 2.00 bits per heavy atom. The molecule has 1 amide bonds. The Morgan fingerprint density at radius 3 is 2.70 bits per heavy atom. The van der Waals surface area contributed by atoms with Crippen molar-refractivity contribution in [3.05, 3.63) is 41.4 Å². The highest BCUT2D eigenvalue weighted by atomic mass is 35.5. The first kappa shape index (κ1) is 16.1. The Labute approximate surface area is 141 Å². The summed E-state index contributed by atoms with van der Waals surface area (Å²) in [5, 5.41) is 0.690. The average Bonchev–Trinajstić information content (AvgIpc) is 3.03. The number of aromatic nitrogens is 1. The van der Waals surface area contributed by atoms with Gasteiger partial charge in [-0.1, -0.05) is 18.5 Å². The average molecular weight is 333 g/mol. The van der Waals surface area contributed by atoms with Crippen molar-refractivity contribution in [2.24, 2.45) is 5.92 Å². The molecule has 1 aromatic carbocycles. The number of oxazole rings is 1. The molecule has 0 bridgehead atoms. The van der Waals surface area contributed by atoms with Gasteiger partial charge in [0.05, 0.1) is 6.20 Å². The van der Waals surface area contributed by atoms with E-state index < -0.39 is 0 Å². The van der Waals surface area contributed by atoms with Crippen LogP contribution in [0.15, 0.2) is 34.9 Å². The summed E-state index contributed by atoms with van der Waals surface area (Å²) >= 11 is 5.88. The fourth-order valence-electron chi connectivity index (χ4n) is 2.80. The summed E-state index contributed by atoms with van der Waals surface area (Å²) in [5.74, 6) is 2.24. The number of hydrogen-bond acceptors (Lipinski definition) is 3. The van der Waals surface area contributed by atoms with Gasteiger partial charge in [-0.2, -0.15) is 0 Å². The number of carbonyl (C=O) groups is 1. The molecule has 0 atom stereocenters. The maximum absolute atomic E-state index is 12.2. The Hall–Kier alpha value is -1.81. The lowest BCUT2D eigenvalue weighted by Gasteiger charge is -2.30. The summed E-state index contributed by atoms with van der Waals surface area (Å²) in [4.78, 5) is 18.5. The number of amides is 1. The van der Waals surface area contributed by atoms with E-state index in [1.165, 1.54) is 0 Å². The molecule has 1 aromatic heterocycles. The Bertz CT molecular complexity index is 658. The van der Waals surface area contributed by atoms with Gasteiger partial charge in [-0.05, 0) is 43.0 Å². The van der Waals surface area contributed by atoms with Gasteiger partial charge < -0.3 is 9.32 Å². The quantitative estimate of drug-likeness (QED) is 0.843. The minimum atomic E-state index is 0.197. The third kappa shape index (κ3) is 4.14. The van der Waals surface area contributed by atoms with Crippen molar-refractivity contribution < 1.29 is 9.21 Å². The van der Waals surface area contributed by atoms with E-state index in [4.69, 9.17) is 16.0 Å². The van der Waals surface area contributed by atoms with E-state index in [2.05, 4.69) is 11.9 Å². The lowest BCUT2D eigenvalue weighted by molar-refractivity contribution is -0.132. The van der Waals surface area contributed by atoms with Crippen LogP contribution in [0, 0.1) is 5.92 Å². The molecule has 5 heteroatoms. The maximum atomic E-state index is 12.2. The zero-order valence-electron chi connectivity index (χ0n) is 13.3. The van der Waals surface area contributed by atoms with Gasteiger partial charge in [-0.15, -0.1) is 0 Å². The molecule has 1 aliphatic rings. The first-order chi connectivity index (χ1) is 11.1. The van der Waals surface area contributed by atoms with Crippen LogP contribution < -0.4 is 0 Å². The molecule has 122 valence electrons. The van der Waals surface area contributed by atoms with Crippen molar-refractivity contribution in [2.45, 2.75) is 32.6 Å². The molecule has 0 spiro atoms. The number of halogens is 1. The van der Waals surface area contributed by atoms with Gasteiger partial charge in [0, 0.05) is 36.5 Å². The monoisotopic (exact) mass is 332 g/mol. The zero-order chi connectivity index (χ0) is 16.2. The van der Waals surface area contributed by atoms with Gasteiger partial charge in [0.2, 0.25) is 5.91 Å². The summed E-state index contributed by atoms with van der Waals surface area (Å²) in [6, 6.07) is 7.43. The third-order valence-corrected chi connectivity index (χ3v) is 4.62. The van der Waals surface area contributed by atoms with Crippen LogP contribution >= 0.6 is 11.6 Å². The number of nitrogens with zero attached hydrogens (tertiary/aromatic N) is 2. The highest BCUT2D eigenvalue weighted by Crippen LogP contribution is 2.23. The minimum absolute atomic E-state index is 0.197. The molecule has 1 aliphatic heterocycles. The summed E-state index contributed by atoms with van der Waals surface area (Å²) in [5.41, 5.74) is 0.935. The van der Waals surface area contributed by atoms with Gasteiger partial charge in [0.15, 0.2) is 11.7 Å². The summed E-state index contributed by atoms with van der Waals surface area (Å²) in [7, 11) is 0. The molecule has 0 radical (unpaired) electrons. The van der Waals surface area contributed by atoms with Crippen LogP contribution in [0.3, 0.4) is 0 Å². The molecule has 23 heavy (non-hydrogen) atoms. The highest BCUT2D eigenvalue weighted by Gasteiger charge is 2.20. The van der Waals surface area contributed by atoms with Crippen molar-refractivity contribution in [1.29, 1.82) is 0 Å². The Morgan fingerprint density at radius 1 is 1.30 bits per heavy atom. The van der Waals surface area contributed by atoms with E-state index in [0.29, 0.717) is 29.5 Å². The first-order valence-corrected chi connectivity index (χ1v) is 8.48. The second kappa shape index (κ2) is 7.18. The predicted octanol–water partition coefficient (Wildman–Crippen LogP) is 4.19. The molecule has 0 N–H and O–H groups in total. The number of carbonyl (C=O) groups excluding carboxylic acids is 1. The molecule has 2 aromatic rings. The largest absolute Gasteiger partial charge is 0.441 e. The van der Waals surface area contributed by atoms with Crippen LogP contribution in [0.4, 0.5) is 0 Å². The summed E-state index contributed by atoms with van der Waals surface area (Å²) < 4.78 is 5.74. The van der Waals surface area contributed by atoms with Crippen LogP contribution in [0.1, 0.15) is 32.1 Å². The van der Waals surface area contributed by atoms with E-state index in [-0.39, 0.29) is 5.91 Å². The van der Waals surface area contributed by atoms with Gasteiger partial charge in [-0.3, -0.25) is 4.79 Å². The third-order valence-electron chi connectivity index (χ3n) is 4.37. The maximum Gasteiger partial charge on any atom is 0.223 e. The van der Waals surface area contributed by atoms with Crippen LogP contribution in [0.25, 0.3) is 11.3 Å². The minimum Gasteiger partial charge on any atom is -0.441 e. The lowest BCUT2D eigenvalue weighted by atomic mass is 9.99. The lowest BCUT2D eigenvalue weighted by Crippen LogP contribution is -2.38. The van der Waals surface area contributed by atoms with Gasteiger partial charge in [0.25, 0.3) is 0 Å². The van der Waals surface area contributed by atoms with E-state index >= 15 is 0 Å². The molecule has 0 unspecified atom stereocenters. The number of rotatable bonds is 4. The van der Waals surface area contributed by atoms with Crippen molar-refractivity contribution in [3.8, 4) is 11.3 Å². The van der Waals surface area contributed by atoms with Crippen LogP contribution in [-0.2, 0) is 11.2 Å². The number of piperidine rings is 1. The number of hydrogen-bond donors (Lipinski definition) is 0. The fraction of sp³-hybridized carbons (Fsp3) is 0.444. The topological polar surface area (TPSA) is 46.3 Å². The number of benzene rings is 1. The molecule has 0 aliphatic carbocycles. The molecular weight excluding hydrogens is 312 g/mol. The molecule has 1 fully saturated rings. The molecule has 3 rings (SSSR count). The van der Waals surface area contributed by atoms with Crippen molar-refractivity contribution in [2.75, 3.05) is 13.1 Å². The van der Waals surface area contributed by atoms with Crippen LogP contribution in [-0.4, -0.2) is 28.9 Å². The van der Waals surface area contributed by atoms with E-state index in [1.807, 2.05) is 29.2 Å². The second-order valence-corrected chi connectivity index (χ2v) is 6.62. The van der Waals surface area contributed by atoms with E-state index in [0.717, 1.165) is 37.4 Å². The van der Waals surface area contributed by atoms with Gasteiger partial charge >= 0.3 is 0 Å². The van der Waals surface area contributed by atoms with Crippen molar-refractivity contribution in [1.82, 2.24) is 9.88 Å². The number of aryl methyl sites for hydroxylation is 1. The Kier molecular flexibility index (Phi) is 5.01. The van der Waals surface area contributed by atoms with Gasteiger partial charge in [0.1, 0.15) is 0 Å². The zero-order valence-corrected chi connectivity index (χ0v) is 14.1. The molecule has 1 saturated heterocycles. The number of likely N-dealkylation sites (tertiary alicyclic amines) is 1. The highest BCUT2D eigenvalue weighted by molar-refractivity contribution is 6.30. The molecule has 2 heterocycles. The normalized spacial score (nSPS) is 15.8. The summed E-state index contributed by atoms with van der Waals surface area (Å²) in [6.45, 7) is 4.00. The smallest absolute Gasteiger partial charge is 0.223 e. The summed E-state index contributed by atoms with van der Waals surface area (Å²) in [6.07, 6.45) is 4.90. The van der Waals surface area contributed by atoms with Crippen LogP contribution in [0.2, 0.25) is 5.02 Å².